The van der Waals surface area contributed by atoms with E-state index in [0.29, 0.717) is 6.04 Å². The molecule has 1 fully saturated rings. The molecule has 1 aliphatic heterocycles. The molecule has 3 heteroatoms. The molecule has 2 unspecified atom stereocenters. The van der Waals surface area contributed by atoms with E-state index in [1.807, 2.05) is 0 Å². The van der Waals surface area contributed by atoms with Gasteiger partial charge in [0.15, 0.2) is 0 Å². The predicted octanol–water partition coefficient (Wildman–Crippen LogP) is 3.44. The molecule has 1 aliphatic rings. The number of nitrogens with one attached hydrogen (secondary N) is 1. The molecule has 1 saturated heterocycles. The molecular weight excluding hydrogens is 288 g/mol. The lowest BCUT2D eigenvalue weighted by atomic mass is 9.95. The van der Waals surface area contributed by atoms with Gasteiger partial charge in [0, 0.05) is 17.1 Å². The van der Waals surface area contributed by atoms with E-state index < -0.39 is 0 Å². The van der Waals surface area contributed by atoms with Gasteiger partial charge in [-0.3, -0.25) is 4.90 Å². The lowest BCUT2D eigenvalue weighted by Crippen LogP contribution is -2.40. The second kappa shape index (κ2) is 6.69. The molecular formula is C15H23BrN2. The number of likely N-dealkylation sites (tertiary alicyclic amines) is 1. The quantitative estimate of drug-likeness (QED) is 0.916. The average molecular weight is 311 g/mol. The molecule has 18 heavy (non-hydrogen) atoms. The lowest BCUT2D eigenvalue weighted by Gasteiger charge is -2.37. The van der Waals surface area contributed by atoms with Crippen LogP contribution in [0.4, 0.5) is 0 Å². The molecule has 0 amide bonds. The van der Waals surface area contributed by atoms with Crippen LogP contribution in [0.1, 0.15) is 31.4 Å². The van der Waals surface area contributed by atoms with Gasteiger partial charge >= 0.3 is 0 Å². The summed E-state index contributed by atoms with van der Waals surface area (Å²) in [6.07, 6.45) is 2.68. The van der Waals surface area contributed by atoms with Crippen molar-refractivity contribution >= 4 is 15.9 Å². The highest BCUT2D eigenvalue weighted by Gasteiger charge is 2.24. The maximum Gasteiger partial charge on any atom is 0.0331 e. The highest BCUT2D eigenvalue weighted by Crippen LogP contribution is 2.30. The summed E-state index contributed by atoms with van der Waals surface area (Å²) in [7, 11) is 2.05. The van der Waals surface area contributed by atoms with Gasteiger partial charge in [-0.15, -0.1) is 0 Å². The third-order valence-corrected chi connectivity index (χ3v) is 4.67. The highest BCUT2D eigenvalue weighted by atomic mass is 79.9. The molecule has 0 spiro atoms. The van der Waals surface area contributed by atoms with Crippen molar-refractivity contribution < 1.29 is 0 Å². The third-order valence-electron chi connectivity index (χ3n) is 3.95. The second-order valence-electron chi connectivity index (χ2n) is 5.26. The summed E-state index contributed by atoms with van der Waals surface area (Å²) >= 11 is 3.67. The summed E-state index contributed by atoms with van der Waals surface area (Å²) in [6, 6.07) is 9.09. The Kier molecular flexibility index (Phi) is 5.22. The highest BCUT2D eigenvalue weighted by molar-refractivity contribution is 9.10. The Morgan fingerprint density at radius 2 is 2.22 bits per heavy atom. The van der Waals surface area contributed by atoms with Gasteiger partial charge in [0.1, 0.15) is 0 Å². The van der Waals surface area contributed by atoms with E-state index >= 15 is 0 Å². The molecule has 1 aromatic carbocycles. The van der Waals surface area contributed by atoms with Crippen LogP contribution in [0, 0.1) is 5.92 Å². The van der Waals surface area contributed by atoms with Crippen molar-refractivity contribution in [3.63, 3.8) is 0 Å². The molecule has 100 valence electrons. The minimum Gasteiger partial charge on any atom is -0.319 e. The van der Waals surface area contributed by atoms with Gasteiger partial charge in [-0.25, -0.2) is 0 Å². The summed E-state index contributed by atoms with van der Waals surface area (Å²) in [4.78, 5) is 2.62. The SMILES string of the molecule is CNCC1CCCN(C(C)c2ccccc2Br)C1. The van der Waals surface area contributed by atoms with Crippen molar-refractivity contribution in [2.24, 2.45) is 5.92 Å². The van der Waals surface area contributed by atoms with E-state index in [-0.39, 0.29) is 0 Å². The molecule has 0 radical (unpaired) electrons. The predicted molar refractivity (Wildman–Crippen MR) is 80.8 cm³/mol. The number of halogens is 1. The van der Waals surface area contributed by atoms with E-state index in [9.17, 15) is 0 Å². The zero-order chi connectivity index (χ0) is 13.0. The van der Waals surface area contributed by atoms with Crippen LogP contribution in [0.2, 0.25) is 0 Å². The summed E-state index contributed by atoms with van der Waals surface area (Å²) < 4.78 is 1.23. The largest absolute Gasteiger partial charge is 0.319 e. The molecule has 0 aromatic heterocycles. The van der Waals surface area contributed by atoms with E-state index in [1.54, 1.807) is 0 Å². The van der Waals surface area contributed by atoms with Crippen LogP contribution in [0.15, 0.2) is 28.7 Å². The molecule has 2 rings (SSSR count). The van der Waals surface area contributed by atoms with Crippen molar-refractivity contribution in [3.8, 4) is 0 Å². The van der Waals surface area contributed by atoms with Gasteiger partial charge in [-0.1, -0.05) is 34.1 Å². The van der Waals surface area contributed by atoms with Crippen LogP contribution in [-0.4, -0.2) is 31.6 Å². The normalized spacial score (nSPS) is 22.9. The number of rotatable bonds is 4. The summed E-state index contributed by atoms with van der Waals surface area (Å²) in [5.41, 5.74) is 1.41. The van der Waals surface area contributed by atoms with E-state index in [4.69, 9.17) is 0 Å². The minimum atomic E-state index is 0.500. The molecule has 1 heterocycles. The first-order chi connectivity index (χ1) is 8.72. The van der Waals surface area contributed by atoms with Gasteiger partial charge in [0.05, 0.1) is 0 Å². The van der Waals surface area contributed by atoms with Crippen molar-refractivity contribution in [1.29, 1.82) is 0 Å². The Labute approximate surface area is 119 Å². The standard InChI is InChI=1S/C15H23BrN2/c1-12(14-7-3-4-8-15(14)16)18-9-5-6-13(11-18)10-17-2/h3-4,7-8,12-13,17H,5-6,9-11H2,1-2H3. The number of hydrogen-bond donors (Lipinski definition) is 1. The van der Waals surface area contributed by atoms with E-state index in [2.05, 4.69) is 64.4 Å². The Morgan fingerprint density at radius 1 is 1.44 bits per heavy atom. The Balaban J connectivity index is 2.04. The zero-order valence-electron chi connectivity index (χ0n) is 11.3. The fraction of sp³-hybridized carbons (Fsp3) is 0.600. The number of nitrogens with zero attached hydrogens (tertiary/aromatic N) is 1. The van der Waals surface area contributed by atoms with Crippen molar-refractivity contribution in [1.82, 2.24) is 10.2 Å². The van der Waals surface area contributed by atoms with Crippen molar-refractivity contribution in [2.45, 2.75) is 25.8 Å². The van der Waals surface area contributed by atoms with Gasteiger partial charge in [-0.2, -0.15) is 0 Å². The zero-order valence-corrected chi connectivity index (χ0v) is 12.9. The molecule has 1 aromatic rings. The third kappa shape index (κ3) is 3.34. The Morgan fingerprint density at radius 3 is 2.94 bits per heavy atom. The van der Waals surface area contributed by atoms with Gasteiger partial charge in [0.2, 0.25) is 0 Å². The van der Waals surface area contributed by atoms with Gasteiger partial charge in [-0.05, 0) is 57.5 Å². The maximum atomic E-state index is 3.67. The molecule has 2 atom stereocenters. The number of benzene rings is 1. The number of piperidine rings is 1. The second-order valence-corrected chi connectivity index (χ2v) is 6.11. The Hall–Kier alpha value is -0.380. The van der Waals surface area contributed by atoms with Gasteiger partial charge < -0.3 is 5.32 Å². The summed E-state index contributed by atoms with van der Waals surface area (Å²) in [5.74, 6) is 0.800. The summed E-state index contributed by atoms with van der Waals surface area (Å²) in [6.45, 7) is 5.90. The van der Waals surface area contributed by atoms with Crippen LogP contribution in [0.3, 0.4) is 0 Å². The van der Waals surface area contributed by atoms with Crippen molar-refractivity contribution in [2.75, 3.05) is 26.7 Å². The maximum absolute atomic E-state index is 3.67. The fourth-order valence-corrected chi connectivity index (χ4v) is 3.53. The van der Waals surface area contributed by atoms with Gasteiger partial charge in [0.25, 0.3) is 0 Å². The van der Waals surface area contributed by atoms with Crippen LogP contribution in [-0.2, 0) is 0 Å². The molecule has 0 bridgehead atoms. The smallest absolute Gasteiger partial charge is 0.0331 e. The molecule has 0 saturated carbocycles. The Bertz CT molecular complexity index is 379. The average Bonchev–Trinajstić information content (AvgIpc) is 2.39. The number of hydrogen-bond acceptors (Lipinski definition) is 2. The monoisotopic (exact) mass is 310 g/mol. The molecule has 2 nitrogen and oxygen atoms in total. The minimum absolute atomic E-state index is 0.500. The first-order valence-electron chi connectivity index (χ1n) is 6.85. The summed E-state index contributed by atoms with van der Waals surface area (Å²) in [5, 5.41) is 3.31. The fourth-order valence-electron chi connectivity index (χ4n) is 2.91. The first kappa shape index (κ1) is 14.0. The van der Waals surface area contributed by atoms with Crippen LogP contribution in [0.5, 0.6) is 0 Å². The first-order valence-corrected chi connectivity index (χ1v) is 7.64. The van der Waals surface area contributed by atoms with E-state index in [1.165, 1.54) is 36.0 Å². The van der Waals surface area contributed by atoms with Crippen LogP contribution in [0.25, 0.3) is 0 Å². The molecule has 0 aliphatic carbocycles. The molecule has 1 N–H and O–H groups in total. The van der Waals surface area contributed by atoms with Crippen LogP contribution >= 0.6 is 15.9 Å². The van der Waals surface area contributed by atoms with E-state index in [0.717, 1.165) is 12.5 Å². The van der Waals surface area contributed by atoms with Crippen LogP contribution < -0.4 is 5.32 Å². The topological polar surface area (TPSA) is 15.3 Å². The van der Waals surface area contributed by atoms with Crippen molar-refractivity contribution in [3.05, 3.63) is 34.3 Å². The lowest BCUT2D eigenvalue weighted by molar-refractivity contribution is 0.131.